The van der Waals surface area contributed by atoms with Crippen molar-refractivity contribution in [3.8, 4) is 0 Å². The first-order valence-corrected chi connectivity index (χ1v) is 5.12. The fraction of sp³-hybridized carbons (Fsp3) is 0.231. The summed E-state index contributed by atoms with van der Waals surface area (Å²) in [6.45, 7) is 5.01. The van der Waals surface area contributed by atoms with Gasteiger partial charge in [0.2, 0.25) is 0 Å². The first kappa shape index (κ1) is 12.8. The van der Waals surface area contributed by atoms with Gasteiger partial charge >= 0.3 is 0 Å². The molecule has 2 aromatic rings. The molecule has 84 valence electrons. The Hall–Kier alpha value is -1.22. The van der Waals surface area contributed by atoms with E-state index in [0.717, 1.165) is 12.2 Å². The van der Waals surface area contributed by atoms with E-state index in [9.17, 15) is 0 Å². The Morgan fingerprint density at radius 1 is 1.12 bits per heavy atom. The van der Waals surface area contributed by atoms with E-state index in [1.54, 1.807) is 0 Å². The van der Waals surface area contributed by atoms with Crippen LogP contribution < -0.4 is 21.5 Å². The highest BCUT2D eigenvalue weighted by molar-refractivity contribution is 5.13. The molecule has 0 unspecified atom stereocenters. The number of rotatable bonds is 2. The smallest absolute Gasteiger partial charge is 0.196 e. The van der Waals surface area contributed by atoms with Crippen LogP contribution in [0.15, 0.2) is 42.7 Å². The van der Waals surface area contributed by atoms with Gasteiger partial charge in [0.15, 0.2) is 18.4 Å². The zero-order valence-corrected chi connectivity index (χ0v) is 11.1. The minimum Gasteiger partial charge on any atom is -1.00 e. The molecule has 0 saturated carbocycles. The van der Waals surface area contributed by atoms with Crippen LogP contribution in [0, 0.1) is 13.8 Å². The van der Waals surface area contributed by atoms with Crippen LogP contribution in [0.1, 0.15) is 17.0 Å². The molecule has 0 spiro atoms. The molecule has 0 aliphatic rings. The Kier molecular flexibility index (Phi) is 4.62. The molecule has 0 atom stereocenters. The molecule has 0 bridgehead atoms. The van der Waals surface area contributed by atoms with Gasteiger partial charge in [0.25, 0.3) is 0 Å². The van der Waals surface area contributed by atoms with Crippen molar-refractivity contribution < 1.29 is 21.5 Å². The monoisotopic (exact) mass is 278 g/mol. The maximum absolute atomic E-state index is 4.26. The lowest BCUT2D eigenvalue weighted by Gasteiger charge is -2.01. The van der Waals surface area contributed by atoms with Crippen molar-refractivity contribution in [3.05, 3.63) is 59.7 Å². The molecule has 0 amide bonds. The minimum absolute atomic E-state index is 0. The summed E-state index contributed by atoms with van der Waals surface area (Å²) in [5.74, 6) is 0. The molecular weight excluding hydrogens is 264 g/mol. The molecular formula is C13H15BrN2. The molecule has 2 rings (SSSR count). The van der Waals surface area contributed by atoms with Gasteiger partial charge in [-0.15, -0.1) is 0 Å². The summed E-state index contributed by atoms with van der Waals surface area (Å²) in [7, 11) is 0. The Balaban J connectivity index is 0.00000128. The molecule has 2 nitrogen and oxygen atoms in total. The summed E-state index contributed by atoms with van der Waals surface area (Å²) in [4.78, 5) is 4.26. The van der Waals surface area contributed by atoms with E-state index in [1.807, 2.05) is 19.2 Å². The predicted molar refractivity (Wildman–Crippen MR) is 59.5 cm³/mol. The van der Waals surface area contributed by atoms with E-state index < -0.39 is 0 Å². The topological polar surface area (TPSA) is 16.8 Å². The molecule has 0 aliphatic carbocycles. The van der Waals surface area contributed by atoms with Crippen LogP contribution in [0.3, 0.4) is 0 Å². The van der Waals surface area contributed by atoms with Gasteiger partial charge in [-0.25, -0.2) is 4.98 Å². The van der Waals surface area contributed by atoms with Crippen molar-refractivity contribution in [2.24, 2.45) is 0 Å². The van der Waals surface area contributed by atoms with E-state index in [2.05, 4.69) is 46.9 Å². The standard InChI is InChI=1S/C13H15N2.BrH/c1-11-9-15(12(2)8-14-11)10-13-6-4-3-5-7-13;/h3-9H,10H2,1-2H3;1H/q+1;/p-1. The second-order valence-corrected chi connectivity index (χ2v) is 3.78. The summed E-state index contributed by atoms with van der Waals surface area (Å²) in [6.07, 6.45) is 4.00. The zero-order chi connectivity index (χ0) is 10.7. The number of hydrogen-bond acceptors (Lipinski definition) is 1. The van der Waals surface area contributed by atoms with Gasteiger partial charge in [-0.2, -0.15) is 4.57 Å². The lowest BCUT2D eigenvalue weighted by molar-refractivity contribution is -0.695. The highest BCUT2D eigenvalue weighted by Gasteiger charge is 2.07. The number of benzene rings is 1. The molecule has 1 heterocycles. The minimum atomic E-state index is 0. The maximum Gasteiger partial charge on any atom is 0.196 e. The normalized spacial score (nSPS) is 9.62. The van der Waals surface area contributed by atoms with Gasteiger partial charge in [-0.05, 0) is 6.92 Å². The van der Waals surface area contributed by atoms with Crippen LogP contribution in [0.4, 0.5) is 0 Å². The summed E-state index contributed by atoms with van der Waals surface area (Å²) >= 11 is 0. The van der Waals surface area contributed by atoms with Crippen LogP contribution in [0.5, 0.6) is 0 Å². The number of aryl methyl sites for hydroxylation is 2. The first-order chi connectivity index (χ1) is 7.25. The van der Waals surface area contributed by atoms with Crippen LogP contribution in [0.25, 0.3) is 0 Å². The van der Waals surface area contributed by atoms with Gasteiger partial charge < -0.3 is 17.0 Å². The van der Waals surface area contributed by atoms with Gasteiger partial charge in [0, 0.05) is 12.5 Å². The van der Waals surface area contributed by atoms with Crippen molar-refractivity contribution in [1.82, 2.24) is 4.98 Å². The Labute approximate surface area is 107 Å². The molecule has 0 fully saturated rings. The van der Waals surface area contributed by atoms with E-state index in [-0.39, 0.29) is 17.0 Å². The second-order valence-electron chi connectivity index (χ2n) is 3.78. The third-order valence-electron chi connectivity index (χ3n) is 2.45. The Morgan fingerprint density at radius 2 is 1.81 bits per heavy atom. The fourth-order valence-corrected chi connectivity index (χ4v) is 1.58. The Bertz CT molecular complexity index is 455. The van der Waals surface area contributed by atoms with Gasteiger partial charge in [0.05, 0.1) is 6.20 Å². The van der Waals surface area contributed by atoms with E-state index in [4.69, 9.17) is 0 Å². The molecule has 0 N–H and O–H groups in total. The highest BCUT2D eigenvalue weighted by atomic mass is 79.9. The van der Waals surface area contributed by atoms with Crippen molar-refractivity contribution in [3.63, 3.8) is 0 Å². The summed E-state index contributed by atoms with van der Waals surface area (Å²) in [5.41, 5.74) is 3.55. The van der Waals surface area contributed by atoms with Crippen molar-refractivity contribution in [2.75, 3.05) is 0 Å². The number of nitrogens with zero attached hydrogens (tertiary/aromatic N) is 2. The van der Waals surface area contributed by atoms with Crippen molar-refractivity contribution in [2.45, 2.75) is 20.4 Å². The SMILES string of the molecule is Cc1c[n+](Cc2ccccc2)c(C)cn1.[Br-]. The summed E-state index contributed by atoms with van der Waals surface area (Å²) in [6, 6.07) is 10.5. The first-order valence-electron chi connectivity index (χ1n) is 5.12. The molecule has 0 radical (unpaired) electrons. The molecule has 1 aromatic carbocycles. The average Bonchev–Trinajstić information content (AvgIpc) is 2.25. The van der Waals surface area contributed by atoms with E-state index in [0.29, 0.717) is 0 Å². The van der Waals surface area contributed by atoms with Gasteiger partial charge in [-0.1, -0.05) is 30.3 Å². The van der Waals surface area contributed by atoms with Crippen LogP contribution in [-0.2, 0) is 6.54 Å². The highest BCUT2D eigenvalue weighted by Crippen LogP contribution is 1.99. The third-order valence-corrected chi connectivity index (χ3v) is 2.45. The fourth-order valence-electron chi connectivity index (χ4n) is 1.58. The van der Waals surface area contributed by atoms with Crippen molar-refractivity contribution >= 4 is 0 Å². The lowest BCUT2D eigenvalue weighted by Crippen LogP contribution is -3.00. The number of hydrogen-bond donors (Lipinski definition) is 0. The van der Waals surface area contributed by atoms with Gasteiger partial charge in [0.1, 0.15) is 5.69 Å². The molecule has 16 heavy (non-hydrogen) atoms. The average molecular weight is 279 g/mol. The molecule has 1 aromatic heterocycles. The lowest BCUT2D eigenvalue weighted by atomic mass is 10.2. The predicted octanol–water partition coefficient (Wildman–Crippen LogP) is -0.962. The summed E-state index contributed by atoms with van der Waals surface area (Å²) < 4.78 is 2.22. The summed E-state index contributed by atoms with van der Waals surface area (Å²) in [5, 5.41) is 0. The zero-order valence-electron chi connectivity index (χ0n) is 9.52. The molecule has 0 aliphatic heterocycles. The van der Waals surface area contributed by atoms with Crippen LogP contribution in [-0.4, -0.2) is 4.98 Å². The molecule has 0 saturated heterocycles. The van der Waals surface area contributed by atoms with Crippen molar-refractivity contribution in [1.29, 1.82) is 0 Å². The largest absolute Gasteiger partial charge is 1.00 e. The van der Waals surface area contributed by atoms with Crippen LogP contribution >= 0.6 is 0 Å². The Morgan fingerprint density at radius 3 is 2.50 bits per heavy atom. The van der Waals surface area contributed by atoms with Gasteiger partial charge in [-0.3, -0.25) is 0 Å². The second kappa shape index (κ2) is 5.75. The van der Waals surface area contributed by atoms with Crippen LogP contribution in [0.2, 0.25) is 0 Å². The number of aromatic nitrogens is 2. The third kappa shape index (κ3) is 3.14. The number of halogens is 1. The maximum atomic E-state index is 4.26. The van der Waals surface area contributed by atoms with E-state index in [1.165, 1.54) is 11.3 Å². The molecule has 3 heteroatoms. The van der Waals surface area contributed by atoms with E-state index >= 15 is 0 Å². The quantitative estimate of drug-likeness (QED) is 0.647.